The molecule has 0 unspecified atom stereocenters. The lowest BCUT2D eigenvalue weighted by Crippen LogP contribution is -2.38. The number of amides is 1. The zero-order valence-electron chi connectivity index (χ0n) is 16.7. The van der Waals surface area contributed by atoms with Crippen molar-refractivity contribution in [3.05, 3.63) is 29.8 Å². The number of hydrogen-bond acceptors (Lipinski definition) is 3. The fourth-order valence-electron chi connectivity index (χ4n) is 2.70. The molecule has 1 fully saturated rings. The van der Waals surface area contributed by atoms with Crippen LogP contribution in [0.2, 0.25) is 0 Å². The third kappa shape index (κ3) is 9.31. The van der Waals surface area contributed by atoms with Gasteiger partial charge in [-0.15, -0.1) is 0 Å². The Morgan fingerprint density at radius 3 is 2.52 bits per heavy atom. The molecule has 0 saturated heterocycles. The van der Waals surface area contributed by atoms with E-state index in [1.807, 2.05) is 24.3 Å². The number of nitrogens with one attached hydrogen (secondary N) is 3. The summed E-state index contributed by atoms with van der Waals surface area (Å²) < 4.78 is 5.53. The van der Waals surface area contributed by atoms with Crippen LogP contribution in [0.15, 0.2) is 29.3 Å². The van der Waals surface area contributed by atoms with Crippen LogP contribution >= 0.6 is 0 Å². The van der Waals surface area contributed by atoms with Gasteiger partial charge in [-0.05, 0) is 43.4 Å². The maximum atomic E-state index is 11.6. The van der Waals surface area contributed by atoms with Gasteiger partial charge >= 0.3 is 0 Å². The number of carbonyl (C=O) groups is 1. The number of ether oxygens (including phenoxy) is 1. The summed E-state index contributed by atoms with van der Waals surface area (Å²) in [6.07, 6.45) is 8.06. The van der Waals surface area contributed by atoms with Crippen LogP contribution in [-0.4, -0.2) is 44.7 Å². The van der Waals surface area contributed by atoms with Crippen LogP contribution in [0.25, 0.3) is 0 Å². The van der Waals surface area contributed by atoms with Gasteiger partial charge in [0, 0.05) is 26.2 Å². The minimum Gasteiger partial charge on any atom is -0.484 e. The predicted octanol–water partition coefficient (Wildman–Crippen LogP) is 2.63. The van der Waals surface area contributed by atoms with E-state index in [1.54, 1.807) is 7.05 Å². The maximum absolute atomic E-state index is 11.6. The van der Waals surface area contributed by atoms with Crippen LogP contribution in [0, 0.1) is 0 Å². The molecule has 1 aromatic carbocycles. The van der Waals surface area contributed by atoms with Crippen molar-refractivity contribution in [2.45, 2.75) is 57.9 Å². The van der Waals surface area contributed by atoms with E-state index < -0.39 is 0 Å². The van der Waals surface area contributed by atoms with Crippen LogP contribution in [-0.2, 0) is 11.2 Å². The highest BCUT2D eigenvalue weighted by molar-refractivity contribution is 5.79. The van der Waals surface area contributed by atoms with Crippen molar-refractivity contribution < 1.29 is 9.53 Å². The van der Waals surface area contributed by atoms with Gasteiger partial charge < -0.3 is 20.7 Å². The van der Waals surface area contributed by atoms with E-state index in [-0.39, 0.29) is 12.5 Å². The van der Waals surface area contributed by atoms with E-state index in [2.05, 4.69) is 27.9 Å². The van der Waals surface area contributed by atoms with Crippen molar-refractivity contribution in [1.29, 1.82) is 0 Å². The van der Waals surface area contributed by atoms with Gasteiger partial charge in [0.25, 0.3) is 5.91 Å². The van der Waals surface area contributed by atoms with Crippen molar-refractivity contribution in [2.75, 3.05) is 26.7 Å². The number of benzene rings is 1. The van der Waals surface area contributed by atoms with Crippen molar-refractivity contribution in [3.63, 3.8) is 0 Å². The molecule has 1 aliphatic rings. The fraction of sp³-hybridized carbons (Fsp3) is 0.619. The highest BCUT2D eigenvalue weighted by Gasteiger charge is 2.23. The molecular formula is C21H34N4O2. The van der Waals surface area contributed by atoms with Gasteiger partial charge in [0.05, 0.1) is 0 Å². The SMILES string of the molecule is CCCCCCNC(=NC)NCCc1ccc(OCC(=O)NC2CC2)cc1. The van der Waals surface area contributed by atoms with E-state index in [9.17, 15) is 4.79 Å². The summed E-state index contributed by atoms with van der Waals surface area (Å²) in [6.45, 7) is 4.08. The maximum Gasteiger partial charge on any atom is 0.258 e. The summed E-state index contributed by atoms with van der Waals surface area (Å²) >= 11 is 0. The largest absolute Gasteiger partial charge is 0.484 e. The van der Waals surface area contributed by atoms with Crippen molar-refractivity contribution >= 4 is 11.9 Å². The van der Waals surface area contributed by atoms with Gasteiger partial charge in [0.15, 0.2) is 12.6 Å². The summed E-state index contributed by atoms with van der Waals surface area (Å²) in [5, 5.41) is 9.61. The monoisotopic (exact) mass is 374 g/mol. The van der Waals surface area contributed by atoms with Crippen LogP contribution in [0.1, 0.15) is 51.0 Å². The van der Waals surface area contributed by atoms with Crippen LogP contribution in [0.4, 0.5) is 0 Å². The summed E-state index contributed by atoms with van der Waals surface area (Å²) in [7, 11) is 1.80. The molecule has 0 radical (unpaired) electrons. The number of aliphatic imine (C=N–C) groups is 1. The number of hydrogen-bond donors (Lipinski definition) is 3. The molecule has 1 amide bonds. The fourth-order valence-corrected chi connectivity index (χ4v) is 2.70. The van der Waals surface area contributed by atoms with E-state index in [0.29, 0.717) is 6.04 Å². The van der Waals surface area contributed by atoms with Crippen LogP contribution in [0.3, 0.4) is 0 Å². The average Bonchev–Trinajstić information content (AvgIpc) is 3.49. The second-order valence-corrected chi connectivity index (χ2v) is 7.01. The van der Waals surface area contributed by atoms with Crippen molar-refractivity contribution in [2.24, 2.45) is 4.99 Å². The second-order valence-electron chi connectivity index (χ2n) is 7.01. The Morgan fingerprint density at radius 1 is 1.11 bits per heavy atom. The number of rotatable bonds is 12. The topological polar surface area (TPSA) is 74.8 Å². The predicted molar refractivity (Wildman–Crippen MR) is 110 cm³/mol. The molecule has 1 aliphatic carbocycles. The molecule has 0 bridgehead atoms. The standard InChI is InChI=1S/C21H34N4O2/c1-3-4-5-6-14-23-21(22-2)24-15-13-17-7-11-19(12-8-17)27-16-20(26)25-18-9-10-18/h7-8,11-12,18H,3-6,9-10,13-16H2,1-2H3,(H,25,26)(H2,22,23,24). The zero-order valence-corrected chi connectivity index (χ0v) is 16.7. The Morgan fingerprint density at radius 2 is 1.85 bits per heavy atom. The quantitative estimate of drug-likeness (QED) is 0.299. The van der Waals surface area contributed by atoms with Gasteiger partial charge in [0.2, 0.25) is 0 Å². The number of guanidine groups is 1. The Hall–Kier alpha value is -2.24. The lowest BCUT2D eigenvalue weighted by Gasteiger charge is -2.12. The first-order chi connectivity index (χ1) is 13.2. The van der Waals surface area contributed by atoms with Gasteiger partial charge in [-0.1, -0.05) is 38.3 Å². The van der Waals surface area contributed by atoms with Crippen LogP contribution < -0.4 is 20.7 Å². The van der Waals surface area contributed by atoms with Crippen molar-refractivity contribution in [3.8, 4) is 5.75 Å². The molecule has 27 heavy (non-hydrogen) atoms. The Labute approximate surface area is 163 Å². The van der Waals surface area contributed by atoms with Gasteiger partial charge in [-0.3, -0.25) is 9.79 Å². The molecule has 0 aliphatic heterocycles. The van der Waals surface area contributed by atoms with E-state index in [0.717, 1.165) is 44.1 Å². The summed E-state index contributed by atoms with van der Waals surface area (Å²) in [5.41, 5.74) is 1.22. The average molecular weight is 375 g/mol. The highest BCUT2D eigenvalue weighted by Crippen LogP contribution is 2.18. The van der Waals surface area contributed by atoms with Gasteiger partial charge in [0.1, 0.15) is 5.75 Å². The molecule has 3 N–H and O–H groups in total. The third-order valence-corrected chi connectivity index (χ3v) is 4.49. The summed E-state index contributed by atoms with van der Waals surface area (Å²) in [5.74, 6) is 1.54. The summed E-state index contributed by atoms with van der Waals surface area (Å²) in [6, 6.07) is 8.28. The Bertz CT molecular complexity index is 582. The first-order valence-corrected chi connectivity index (χ1v) is 10.2. The first kappa shape index (κ1) is 21.1. The molecule has 0 spiro atoms. The molecule has 1 aromatic rings. The van der Waals surface area contributed by atoms with Gasteiger partial charge in [-0.2, -0.15) is 0 Å². The molecule has 1 saturated carbocycles. The second kappa shape index (κ2) is 12.2. The number of unbranched alkanes of at least 4 members (excludes halogenated alkanes) is 3. The van der Waals surface area contributed by atoms with E-state index in [1.165, 1.54) is 31.2 Å². The molecule has 0 atom stereocenters. The smallest absolute Gasteiger partial charge is 0.258 e. The lowest BCUT2D eigenvalue weighted by atomic mass is 10.1. The molecule has 0 heterocycles. The van der Waals surface area contributed by atoms with Crippen molar-refractivity contribution in [1.82, 2.24) is 16.0 Å². The van der Waals surface area contributed by atoms with Gasteiger partial charge in [-0.25, -0.2) is 0 Å². The summed E-state index contributed by atoms with van der Waals surface area (Å²) in [4.78, 5) is 15.9. The normalized spacial score (nSPS) is 13.9. The number of nitrogens with zero attached hydrogens (tertiary/aromatic N) is 1. The minimum absolute atomic E-state index is 0.0423. The highest BCUT2D eigenvalue weighted by atomic mass is 16.5. The molecule has 6 nitrogen and oxygen atoms in total. The zero-order chi connectivity index (χ0) is 19.3. The Kier molecular flexibility index (Phi) is 9.52. The first-order valence-electron chi connectivity index (χ1n) is 10.2. The number of carbonyl (C=O) groups excluding carboxylic acids is 1. The third-order valence-electron chi connectivity index (χ3n) is 4.49. The Balaban J connectivity index is 1.60. The van der Waals surface area contributed by atoms with E-state index >= 15 is 0 Å². The molecule has 0 aromatic heterocycles. The lowest BCUT2D eigenvalue weighted by molar-refractivity contribution is -0.123. The van der Waals surface area contributed by atoms with Crippen LogP contribution in [0.5, 0.6) is 5.75 Å². The molecule has 6 heteroatoms. The minimum atomic E-state index is -0.0423. The molecule has 150 valence electrons. The van der Waals surface area contributed by atoms with E-state index in [4.69, 9.17) is 4.74 Å². The molecular weight excluding hydrogens is 340 g/mol. The molecule has 2 rings (SSSR count).